The largest absolute Gasteiger partial charge is 0.388 e. The van der Waals surface area contributed by atoms with Crippen LogP contribution in [0.1, 0.15) is 47.2 Å². The lowest BCUT2D eigenvalue weighted by Gasteiger charge is -2.46. The summed E-state index contributed by atoms with van der Waals surface area (Å²) in [4.78, 5) is 0. The third-order valence-corrected chi connectivity index (χ3v) is 10.8. The molecule has 9 rings (SSSR count). The van der Waals surface area contributed by atoms with Crippen LogP contribution in [-0.4, -0.2) is 7.05 Å². The summed E-state index contributed by atoms with van der Waals surface area (Å²) in [6.07, 6.45) is 0. The van der Waals surface area contributed by atoms with Crippen LogP contribution in [0.3, 0.4) is 0 Å². The van der Waals surface area contributed by atoms with Crippen LogP contribution in [0.5, 0.6) is 0 Å². The second kappa shape index (κ2) is 9.80. The molecule has 46 heavy (non-hydrogen) atoms. The molecule has 0 saturated heterocycles. The maximum Gasteiger partial charge on any atom is 0.0719 e. The first kappa shape index (κ1) is 27.0. The molecule has 0 fully saturated rings. The summed E-state index contributed by atoms with van der Waals surface area (Å²) in [7, 11) is 1.96. The standard InChI is InChI=1S/C45H35N/c1-44(2)39-16-8-10-18-41(39)45(42-19-11-9-17-40(42)44)38-15-7-6-14-36(38)37-25-22-30(28-43(37)45)33-27-26-32(34-12-4-5-13-35(33)34)29-20-23-31(46-3)24-21-29/h4-28,46H,1-3H3. The van der Waals surface area contributed by atoms with Crippen molar-refractivity contribution in [3.8, 4) is 33.4 Å². The van der Waals surface area contributed by atoms with E-state index in [0.29, 0.717) is 0 Å². The lowest BCUT2D eigenvalue weighted by atomic mass is 9.55. The third-order valence-electron chi connectivity index (χ3n) is 10.8. The minimum absolute atomic E-state index is 0.106. The van der Waals surface area contributed by atoms with Crippen molar-refractivity contribution < 1.29 is 0 Å². The molecule has 0 heterocycles. The van der Waals surface area contributed by atoms with Gasteiger partial charge in [0.2, 0.25) is 0 Å². The van der Waals surface area contributed by atoms with Gasteiger partial charge in [-0.3, -0.25) is 0 Å². The van der Waals surface area contributed by atoms with Crippen LogP contribution in [0.25, 0.3) is 44.2 Å². The van der Waals surface area contributed by atoms with Gasteiger partial charge in [0.15, 0.2) is 0 Å². The second-order valence-corrected chi connectivity index (χ2v) is 13.3. The fourth-order valence-corrected chi connectivity index (χ4v) is 8.65. The molecule has 0 saturated carbocycles. The van der Waals surface area contributed by atoms with E-state index >= 15 is 0 Å². The Morgan fingerprint density at radius 2 is 0.848 bits per heavy atom. The molecule has 0 aromatic heterocycles. The Bertz CT molecular complexity index is 2270. The summed E-state index contributed by atoms with van der Waals surface area (Å²) in [5.74, 6) is 0. The molecule has 2 aliphatic rings. The van der Waals surface area contributed by atoms with Crippen LogP contribution < -0.4 is 5.32 Å². The van der Waals surface area contributed by atoms with Gasteiger partial charge in [-0.15, -0.1) is 0 Å². The molecule has 1 spiro atoms. The summed E-state index contributed by atoms with van der Waals surface area (Å²) in [5, 5.41) is 5.78. The van der Waals surface area contributed by atoms with Crippen molar-refractivity contribution in [2.75, 3.05) is 12.4 Å². The van der Waals surface area contributed by atoms with Gasteiger partial charge in [0.25, 0.3) is 0 Å². The maximum absolute atomic E-state index is 3.24. The predicted octanol–water partition coefficient (Wildman–Crippen LogP) is 11.2. The van der Waals surface area contributed by atoms with Crippen LogP contribution in [0.2, 0.25) is 0 Å². The predicted molar refractivity (Wildman–Crippen MR) is 194 cm³/mol. The Morgan fingerprint density at radius 3 is 1.46 bits per heavy atom. The molecule has 0 aliphatic heterocycles. The number of hydrogen-bond acceptors (Lipinski definition) is 1. The van der Waals surface area contributed by atoms with Crippen LogP contribution in [0.15, 0.2) is 152 Å². The molecule has 220 valence electrons. The van der Waals surface area contributed by atoms with E-state index < -0.39 is 5.41 Å². The zero-order valence-electron chi connectivity index (χ0n) is 26.4. The first-order chi connectivity index (χ1) is 22.5. The fraction of sp³-hybridized carbons (Fsp3) is 0.111. The zero-order valence-corrected chi connectivity index (χ0v) is 26.4. The molecule has 7 aromatic rings. The van der Waals surface area contributed by atoms with Gasteiger partial charge >= 0.3 is 0 Å². The Morgan fingerprint density at radius 1 is 0.391 bits per heavy atom. The molecule has 0 atom stereocenters. The van der Waals surface area contributed by atoms with Gasteiger partial charge in [0, 0.05) is 18.2 Å². The molecular formula is C45H35N. The molecule has 1 N–H and O–H groups in total. The van der Waals surface area contributed by atoms with E-state index in [9.17, 15) is 0 Å². The monoisotopic (exact) mass is 589 g/mol. The highest BCUT2D eigenvalue weighted by molar-refractivity contribution is 6.05. The SMILES string of the molecule is CNc1ccc(-c2ccc(-c3ccc4c(c3)C3(c5ccccc5-4)c4ccccc4C(C)(C)c4ccccc43)c3ccccc23)cc1. The van der Waals surface area contributed by atoms with Gasteiger partial charge in [0.1, 0.15) is 0 Å². The van der Waals surface area contributed by atoms with Gasteiger partial charge in [0.05, 0.1) is 5.41 Å². The first-order valence-corrected chi connectivity index (χ1v) is 16.3. The van der Waals surface area contributed by atoms with Crippen molar-refractivity contribution in [3.05, 3.63) is 185 Å². The number of fused-ring (bicyclic) bond motifs is 10. The smallest absolute Gasteiger partial charge is 0.0719 e. The van der Waals surface area contributed by atoms with E-state index in [4.69, 9.17) is 0 Å². The maximum atomic E-state index is 3.24. The summed E-state index contributed by atoms with van der Waals surface area (Å²) in [6.45, 7) is 4.77. The van der Waals surface area contributed by atoms with E-state index in [0.717, 1.165) is 5.69 Å². The van der Waals surface area contributed by atoms with Crippen LogP contribution in [-0.2, 0) is 10.8 Å². The van der Waals surface area contributed by atoms with Crippen LogP contribution in [0.4, 0.5) is 5.69 Å². The van der Waals surface area contributed by atoms with Gasteiger partial charge < -0.3 is 5.32 Å². The summed E-state index contributed by atoms with van der Waals surface area (Å²) in [6, 6.07) is 56.9. The molecule has 2 aliphatic carbocycles. The minimum Gasteiger partial charge on any atom is -0.388 e. The van der Waals surface area contributed by atoms with Gasteiger partial charge in [-0.1, -0.05) is 147 Å². The van der Waals surface area contributed by atoms with Gasteiger partial charge in [-0.2, -0.15) is 0 Å². The Balaban J connectivity index is 1.33. The molecule has 0 amide bonds. The quantitative estimate of drug-likeness (QED) is 0.216. The van der Waals surface area contributed by atoms with Crippen LogP contribution in [0, 0.1) is 0 Å². The average Bonchev–Trinajstić information content (AvgIpc) is 3.41. The fourth-order valence-electron chi connectivity index (χ4n) is 8.65. The number of benzene rings is 7. The lowest BCUT2D eigenvalue weighted by molar-refractivity contribution is 0.563. The summed E-state index contributed by atoms with van der Waals surface area (Å²) >= 11 is 0. The molecule has 7 aromatic carbocycles. The zero-order chi connectivity index (χ0) is 31.0. The van der Waals surface area contributed by atoms with E-state index in [-0.39, 0.29) is 5.41 Å². The number of hydrogen-bond donors (Lipinski definition) is 1. The average molecular weight is 590 g/mol. The van der Waals surface area contributed by atoms with Crippen LogP contribution >= 0.6 is 0 Å². The van der Waals surface area contributed by atoms with Crippen molar-refractivity contribution in [3.63, 3.8) is 0 Å². The lowest BCUT2D eigenvalue weighted by Crippen LogP contribution is -2.40. The van der Waals surface area contributed by atoms with Crippen molar-refractivity contribution in [1.82, 2.24) is 0 Å². The number of rotatable bonds is 3. The Hall–Kier alpha value is -5.40. The normalized spacial score (nSPS) is 14.8. The van der Waals surface area contributed by atoms with Crippen molar-refractivity contribution in [2.45, 2.75) is 24.7 Å². The second-order valence-electron chi connectivity index (χ2n) is 13.3. The topological polar surface area (TPSA) is 12.0 Å². The summed E-state index contributed by atoms with van der Waals surface area (Å²) < 4.78 is 0. The highest BCUT2D eigenvalue weighted by Crippen LogP contribution is 2.62. The Labute approximate surface area is 271 Å². The molecule has 1 heteroatoms. The molecule has 0 unspecified atom stereocenters. The van der Waals surface area contributed by atoms with Crippen molar-refractivity contribution in [2.24, 2.45) is 0 Å². The Kier molecular flexibility index (Phi) is 5.74. The molecular weight excluding hydrogens is 555 g/mol. The van der Waals surface area contributed by atoms with E-state index in [1.807, 2.05) is 7.05 Å². The van der Waals surface area contributed by atoms with E-state index in [1.165, 1.54) is 77.5 Å². The summed E-state index contributed by atoms with van der Waals surface area (Å²) in [5.41, 5.74) is 16.6. The number of nitrogens with one attached hydrogen (secondary N) is 1. The highest BCUT2D eigenvalue weighted by Gasteiger charge is 2.53. The highest BCUT2D eigenvalue weighted by atomic mass is 14.8. The molecule has 1 nitrogen and oxygen atoms in total. The van der Waals surface area contributed by atoms with Gasteiger partial charge in [-0.25, -0.2) is 0 Å². The van der Waals surface area contributed by atoms with E-state index in [1.54, 1.807) is 0 Å². The van der Waals surface area contributed by atoms with Crippen molar-refractivity contribution in [1.29, 1.82) is 0 Å². The van der Waals surface area contributed by atoms with Gasteiger partial charge in [-0.05, 0) is 95.7 Å². The minimum atomic E-state index is -0.393. The van der Waals surface area contributed by atoms with E-state index in [2.05, 4.69) is 171 Å². The van der Waals surface area contributed by atoms with Crippen molar-refractivity contribution >= 4 is 16.5 Å². The molecule has 0 radical (unpaired) electrons. The third kappa shape index (κ3) is 3.52. The number of anilines is 1. The molecule has 0 bridgehead atoms. The first-order valence-electron chi connectivity index (χ1n) is 16.3.